The first-order chi connectivity index (χ1) is 10.5. The molecular formula is C16H15ClN2O3. The number of aryl methyl sites for hydroxylation is 1. The summed E-state index contributed by atoms with van der Waals surface area (Å²) < 4.78 is 6.75. The van der Waals surface area contributed by atoms with Crippen molar-refractivity contribution in [2.45, 2.75) is 26.8 Å². The molecule has 1 N–H and O–H groups in total. The van der Waals surface area contributed by atoms with E-state index in [1.165, 1.54) is 0 Å². The van der Waals surface area contributed by atoms with E-state index in [-0.39, 0.29) is 11.1 Å². The Morgan fingerprint density at radius 1 is 1.27 bits per heavy atom. The number of nitrogens with zero attached hydrogens (tertiary/aromatic N) is 1. The molecule has 2 aromatic heterocycles. The van der Waals surface area contributed by atoms with Gasteiger partial charge in [-0.05, 0) is 25.0 Å². The summed E-state index contributed by atoms with van der Waals surface area (Å²) in [7, 11) is 0. The minimum absolute atomic E-state index is 0.208. The quantitative estimate of drug-likeness (QED) is 0.807. The van der Waals surface area contributed by atoms with Crippen molar-refractivity contribution in [2.24, 2.45) is 0 Å². The zero-order valence-electron chi connectivity index (χ0n) is 12.3. The van der Waals surface area contributed by atoms with Crippen LogP contribution in [0.4, 0.5) is 0 Å². The molecule has 0 saturated heterocycles. The Labute approximate surface area is 131 Å². The fourth-order valence-electron chi connectivity index (χ4n) is 2.71. The molecule has 3 rings (SSSR count). The summed E-state index contributed by atoms with van der Waals surface area (Å²) in [5.41, 5.74) is 2.75. The van der Waals surface area contributed by atoms with Crippen LogP contribution in [0.5, 0.6) is 0 Å². The maximum Gasteiger partial charge on any atom is 0.417 e. The summed E-state index contributed by atoms with van der Waals surface area (Å²) in [6.07, 6.45) is 0.659. The second kappa shape index (κ2) is 5.50. The fourth-order valence-corrected chi connectivity index (χ4v) is 2.90. The van der Waals surface area contributed by atoms with Gasteiger partial charge in [-0.25, -0.2) is 4.79 Å². The lowest BCUT2D eigenvalue weighted by Gasteiger charge is -2.14. The maximum atomic E-state index is 12.6. The van der Waals surface area contributed by atoms with Crippen LogP contribution in [0.15, 0.2) is 38.3 Å². The predicted octanol–water partition coefficient (Wildman–Crippen LogP) is 2.86. The summed E-state index contributed by atoms with van der Waals surface area (Å²) in [5.74, 6) is -0.614. The lowest BCUT2D eigenvalue weighted by atomic mass is 10.1. The van der Waals surface area contributed by atoms with Gasteiger partial charge in [0.05, 0.1) is 6.54 Å². The third-order valence-corrected chi connectivity index (χ3v) is 4.23. The molecule has 114 valence electrons. The SMILES string of the molecule is CCc1c(C)n(Cc2ccccc2Cl)c(=O)c2[nH]c(=O)oc12. The van der Waals surface area contributed by atoms with Crippen LogP contribution in [0, 0.1) is 6.92 Å². The van der Waals surface area contributed by atoms with E-state index in [1.807, 2.05) is 32.0 Å². The molecule has 5 nitrogen and oxygen atoms in total. The molecule has 0 unspecified atom stereocenters. The molecular weight excluding hydrogens is 304 g/mol. The van der Waals surface area contributed by atoms with Gasteiger partial charge >= 0.3 is 5.76 Å². The Balaban J connectivity index is 2.28. The molecule has 0 radical (unpaired) electrons. The highest BCUT2D eigenvalue weighted by atomic mass is 35.5. The maximum absolute atomic E-state index is 12.6. The highest BCUT2D eigenvalue weighted by Crippen LogP contribution is 2.21. The number of benzene rings is 1. The number of aromatic amines is 1. The zero-order chi connectivity index (χ0) is 15.9. The Morgan fingerprint density at radius 2 is 2.00 bits per heavy atom. The number of nitrogens with one attached hydrogen (secondary N) is 1. The van der Waals surface area contributed by atoms with E-state index in [9.17, 15) is 9.59 Å². The van der Waals surface area contributed by atoms with Crippen LogP contribution in [0.1, 0.15) is 23.7 Å². The third-order valence-electron chi connectivity index (χ3n) is 3.86. The van der Waals surface area contributed by atoms with Gasteiger partial charge in [-0.1, -0.05) is 36.7 Å². The highest BCUT2D eigenvalue weighted by molar-refractivity contribution is 6.31. The smallest absolute Gasteiger partial charge is 0.407 e. The first-order valence-corrected chi connectivity index (χ1v) is 7.39. The van der Waals surface area contributed by atoms with Crippen molar-refractivity contribution in [3.63, 3.8) is 0 Å². The van der Waals surface area contributed by atoms with Gasteiger partial charge in [0.1, 0.15) is 0 Å². The van der Waals surface area contributed by atoms with E-state index in [2.05, 4.69) is 4.98 Å². The molecule has 0 amide bonds. The lowest BCUT2D eigenvalue weighted by molar-refractivity contribution is 0.550. The van der Waals surface area contributed by atoms with Crippen molar-refractivity contribution in [3.05, 3.63) is 67.0 Å². The molecule has 0 saturated carbocycles. The normalized spacial score (nSPS) is 11.2. The minimum Gasteiger partial charge on any atom is -0.407 e. The number of H-pyrrole nitrogens is 1. The van der Waals surface area contributed by atoms with E-state index < -0.39 is 5.76 Å². The fraction of sp³-hybridized carbons (Fsp3) is 0.250. The average Bonchev–Trinajstić information content (AvgIpc) is 2.87. The summed E-state index contributed by atoms with van der Waals surface area (Å²) in [4.78, 5) is 26.6. The molecule has 22 heavy (non-hydrogen) atoms. The van der Waals surface area contributed by atoms with Crippen molar-refractivity contribution >= 4 is 22.7 Å². The Morgan fingerprint density at radius 3 is 2.68 bits per heavy atom. The summed E-state index contributed by atoms with van der Waals surface area (Å²) in [6, 6.07) is 7.38. The molecule has 2 heterocycles. The largest absolute Gasteiger partial charge is 0.417 e. The van der Waals surface area contributed by atoms with Crippen molar-refractivity contribution in [2.75, 3.05) is 0 Å². The highest BCUT2D eigenvalue weighted by Gasteiger charge is 2.17. The van der Waals surface area contributed by atoms with Crippen LogP contribution < -0.4 is 11.3 Å². The van der Waals surface area contributed by atoms with E-state index in [0.717, 1.165) is 16.8 Å². The van der Waals surface area contributed by atoms with Gasteiger partial charge in [0.2, 0.25) is 0 Å². The average molecular weight is 319 g/mol. The second-order valence-corrected chi connectivity index (χ2v) is 5.53. The Kier molecular flexibility index (Phi) is 3.66. The number of oxazole rings is 1. The topological polar surface area (TPSA) is 68.0 Å². The van der Waals surface area contributed by atoms with Gasteiger partial charge in [-0.3, -0.25) is 9.78 Å². The van der Waals surface area contributed by atoms with E-state index in [4.69, 9.17) is 16.0 Å². The van der Waals surface area contributed by atoms with Gasteiger partial charge in [-0.15, -0.1) is 0 Å². The number of hydrogen-bond acceptors (Lipinski definition) is 3. The molecule has 0 atom stereocenters. The molecule has 0 bridgehead atoms. The lowest BCUT2D eigenvalue weighted by Crippen LogP contribution is -2.25. The third kappa shape index (κ3) is 2.27. The first-order valence-electron chi connectivity index (χ1n) is 7.01. The monoisotopic (exact) mass is 318 g/mol. The van der Waals surface area contributed by atoms with Gasteiger partial charge in [0.15, 0.2) is 11.1 Å². The zero-order valence-corrected chi connectivity index (χ0v) is 13.0. The Hall–Kier alpha value is -2.27. The Bertz CT molecular complexity index is 966. The minimum atomic E-state index is -0.614. The standard InChI is InChI=1S/C16H15ClN2O3/c1-3-11-9(2)19(8-10-6-4-5-7-12(10)17)15(20)13-14(11)22-16(21)18-13/h4-7H,3,8H2,1-2H3,(H,18,21). The van der Waals surface area contributed by atoms with Gasteiger partial charge in [-0.2, -0.15) is 0 Å². The van der Waals surface area contributed by atoms with Crippen LogP contribution in [-0.4, -0.2) is 9.55 Å². The van der Waals surface area contributed by atoms with Crippen molar-refractivity contribution in [3.8, 4) is 0 Å². The number of rotatable bonds is 3. The summed E-state index contributed by atoms with van der Waals surface area (Å²) in [5, 5.41) is 0.604. The molecule has 0 fully saturated rings. The molecule has 0 aliphatic rings. The van der Waals surface area contributed by atoms with Crippen LogP contribution in [-0.2, 0) is 13.0 Å². The van der Waals surface area contributed by atoms with Gasteiger partial charge < -0.3 is 8.98 Å². The van der Waals surface area contributed by atoms with Crippen molar-refractivity contribution in [1.82, 2.24) is 9.55 Å². The molecule has 0 aliphatic heterocycles. The van der Waals surface area contributed by atoms with Crippen molar-refractivity contribution < 1.29 is 4.42 Å². The number of fused-ring (bicyclic) bond motifs is 1. The van der Waals surface area contributed by atoms with Crippen LogP contribution >= 0.6 is 11.6 Å². The van der Waals surface area contributed by atoms with Gasteiger partial charge in [0, 0.05) is 16.3 Å². The van der Waals surface area contributed by atoms with E-state index >= 15 is 0 Å². The molecule has 1 aromatic carbocycles. The van der Waals surface area contributed by atoms with Crippen molar-refractivity contribution in [1.29, 1.82) is 0 Å². The van der Waals surface area contributed by atoms with Crippen LogP contribution in [0.2, 0.25) is 5.02 Å². The molecule has 3 aromatic rings. The number of aromatic nitrogens is 2. The van der Waals surface area contributed by atoms with E-state index in [1.54, 1.807) is 10.6 Å². The predicted molar refractivity (Wildman–Crippen MR) is 85.8 cm³/mol. The summed E-state index contributed by atoms with van der Waals surface area (Å²) in [6.45, 7) is 4.16. The first kappa shape index (κ1) is 14.7. The van der Waals surface area contributed by atoms with E-state index in [0.29, 0.717) is 23.6 Å². The number of hydrogen-bond donors (Lipinski definition) is 1. The molecule has 0 aliphatic carbocycles. The van der Waals surface area contributed by atoms with Crippen LogP contribution in [0.25, 0.3) is 11.1 Å². The molecule has 6 heteroatoms. The molecule has 0 spiro atoms. The van der Waals surface area contributed by atoms with Gasteiger partial charge in [0.25, 0.3) is 5.56 Å². The second-order valence-electron chi connectivity index (χ2n) is 5.12. The number of halogens is 1. The number of pyridine rings is 1. The van der Waals surface area contributed by atoms with Crippen LogP contribution in [0.3, 0.4) is 0 Å². The summed E-state index contributed by atoms with van der Waals surface area (Å²) >= 11 is 6.18.